The van der Waals surface area contributed by atoms with Crippen molar-refractivity contribution >= 4 is 11.8 Å². The van der Waals surface area contributed by atoms with E-state index in [9.17, 15) is 9.59 Å². The van der Waals surface area contributed by atoms with Crippen molar-refractivity contribution in [2.75, 3.05) is 21.3 Å². The van der Waals surface area contributed by atoms with Gasteiger partial charge in [0, 0.05) is 21.3 Å². The molecule has 0 saturated carbocycles. The van der Waals surface area contributed by atoms with Crippen molar-refractivity contribution < 1.29 is 28.5 Å². The predicted molar refractivity (Wildman–Crippen MR) is 69.8 cm³/mol. The summed E-state index contributed by atoms with van der Waals surface area (Å²) in [7, 11) is 4.63. The molecule has 1 aliphatic carbocycles. The molecule has 2 fully saturated rings. The summed E-state index contributed by atoms with van der Waals surface area (Å²) >= 11 is 0. The van der Waals surface area contributed by atoms with Crippen molar-refractivity contribution in [2.24, 2.45) is 17.8 Å². The number of methoxy groups -OCH3 is 3. The smallest absolute Gasteiger partial charge is 0.231 e. The number of nitrogens with one attached hydrogen (secondary N) is 1. The molecule has 0 aromatic heterocycles. The number of fused-ring (bicyclic) bond motifs is 3. The highest BCUT2D eigenvalue weighted by Gasteiger charge is 2.57. The van der Waals surface area contributed by atoms with E-state index in [-0.39, 0.29) is 23.7 Å². The quantitative estimate of drug-likeness (QED) is 0.727. The van der Waals surface area contributed by atoms with Gasteiger partial charge >= 0.3 is 0 Å². The lowest BCUT2D eigenvalue weighted by atomic mass is 9.71. The summed E-state index contributed by atoms with van der Waals surface area (Å²) in [6, 6.07) is 0. The average Bonchev–Trinajstić information content (AvgIpc) is 2.79. The van der Waals surface area contributed by atoms with Crippen LogP contribution in [0.4, 0.5) is 0 Å². The van der Waals surface area contributed by atoms with Crippen LogP contribution in [0.15, 0.2) is 11.8 Å². The Bertz CT molecular complexity index is 490. The van der Waals surface area contributed by atoms with Gasteiger partial charge in [-0.15, -0.1) is 0 Å². The van der Waals surface area contributed by atoms with Crippen LogP contribution >= 0.6 is 0 Å². The van der Waals surface area contributed by atoms with Crippen LogP contribution in [-0.4, -0.2) is 51.6 Å². The molecule has 0 bridgehead atoms. The number of allylic oxidation sites excluding steroid dienone is 1. The highest BCUT2D eigenvalue weighted by molar-refractivity contribution is 6.05. The lowest BCUT2D eigenvalue weighted by Gasteiger charge is -2.45. The summed E-state index contributed by atoms with van der Waals surface area (Å²) in [6.45, 7) is 0. The Hall–Kier alpha value is -1.44. The molecule has 0 spiro atoms. The van der Waals surface area contributed by atoms with E-state index in [4.69, 9.17) is 18.9 Å². The zero-order valence-electron chi connectivity index (χ0n) is 12.2. The van der Waals surface area contributed by atoms with Gasteiger partial charge in [0.2, 0.25) is 18.1 Å². The maximum Gasteiger partial charge on any atom is 0.231 e. The van der Waals surface area contributed by atoms with Gasteiger partial charge in [-0.3, -0.25) is 14.9 Å². The van der Waals surface area contributed by atoms with Gasteiger partial charge in [-0.05, 0) is 12.5 Å². The Morgan fingerprint density at radius 2 is 1.76 bits per heavy atom. The number of hydrogen-bond donors (Lipinski definition) is 1. The summed E-state index contributed by atoms with van der Waals surface area (Å²) in [4.78, 5) is 24.0. The largest absolute Gasteiger partial charge is 0.466 e. The van der Waals surface area contributed by atoms with Gasteiger partial charge in [0.15, 0.2) is 0 Å². The third-order valence-corrected chi connectivity index (χ3v) is 4.58. The van der Waals surface area contributed by atoms with Crippen LogP contribution in [0.25, 0.3) is 0 Å². The number of ether oxygens (including phenoxy) is 4. The van der Waals surface area contributed by atoms with Crippen LogP contribution < -0.4 is 5.32 Å². The highest BCUT2D eigenvalue weighted by Crippen LogP contribution is 2.46. The van der Waals surface area contributed by atoms with E-state index in [1.54, 1.807) is 14.2 Å². The fraction of sp³-hybridized carbons (Fsp3) is 0.714. The van der Waals surface area contributed by atoms with Crippen molar-refractivity contribution in [1.29, 1.82) is 0 Å². The van der Waals surface area contributed by atoms with Gasteiger partial charge in [0.05, 0.1) is 17.8 Å². The van der Waals surface area contributed by atoms with Crippen molar-refractivity contribution in [1.82, 2.24) is 5.32 Å². The molecule has 0 aromatic rings. The lowest BCUT2D eigenvalue weighted by Crippen LogP contribution is -2.55. The Balaban J connectivity index is 1.99. The van der Waals surface area contributed by atoms with Crippen LogP contribution in [-0.2, 0) is 28.5 Å². The summed E-state index contributed by atoms with van der Waals surface area (Å²) in [6.07, 6.45) is 0.861. The van der Waals surface area contributed by atoms with Gasteiger partial charge in [-0.2, -0.15) is 0 Å². The van der Waals surface area contributed by atoms with E-state index in [2.05, 4.69) is 5.32 Å². The number of carbonyl (C=O) groups excluding carboxylic acids is 2. The fourth-order valence-corrected chi connectivity index (χ4v) is 3.63. The Morgan fingerprint density at radius 3 is 2.38 bits per heavy atom. The van der Waals surface area contributed by atoms with Crippen LogP contribution in [0, 0.1) is 17.8 Å². The lowest BCUT2D eigenvalue weighted by molar-refractivity contribution is -0.245. The second-order valence-corrected chi connectivity index (χ2v) is 5.48. The number of rotatable bonds is 3. The molecule has 2 amide bonds. The third-order valence-electron chi connectivity index (χ3n) is 4.58. The molecule has 7 heteroatoms. The topological polar surface area (TPSA) is 83.1 Å². The molecule has 2 heterocycles. The SMILES string of the molecule is COC1OC2=CCC3C(=O)NC(=O)C3C2[C@H](OC)C1OC. The molecule has 3 aliphatic rings. The minimum Gasteiger partial charge on any atom is -0.466 e. The summed E-state index contributed by atoms with van der Waals surface area (Å²) in [5.41, 5.74) is 0. The molecule has 21 heavy (non-hydrogen) atoms. The van der Waals surface area contributed by atoms with Crippen molar-refractivity contribution in [3.8, 4) is 0 Å². The second-order valence-electron chi connectivity index (χ2n) is 5.48. The Morgan fingerprint density at radius 1 is 1.05 bits per heavy atom. The summed E-state index contributed by atoms with van der Waals surface area (Å²) in [5, 5.41) is 2.40. The van der Waals surface area contributed by atoms with Gasteiger partial charge in [0.25, 0.3) is 0 Å². The number of carbonyl (C=O) groups is 2. The molecular weight excluding hydrogens is 278 g/mol. The van der Waals surface area contributed by atoms with E-state index in [1.807, 2.05) is 6.08 Å². The minimum absolute atomic E-state index is 0.224. The first-order valence-corrected chi connectivity index (χ1v) is 6.92. The number of hydrogen-bond acceptors (Lipinski definition) is 6. The van der Waals surface area contributed by atoms with E-state index >= 15 is 0 Å². The normalized spacial score (nSPS) is 41.8. The first-order valence-electron chi connectivity index (χ1n) is 6.92. The molecule has 2 aliphatic heterocycles. The molecule has 1 N–H and O–H groups in total. The second kappa shape index (κ2) is 5.40. The molecule has 2 saturated heterocycles. The zero-order chi connectivity index (χ0) is 15.1. The maximum absolute atomic E-state index is 12.1. The molecular formula is C14H19NO6. The van der Waals surface area contributed by atoms with Crippen molar-refractivity contribution in [3.05, 3.63) is 11.8 Å². The van der Waals surface area contributed by atoms with E-state index in [0.29, 0.717) is 12.2 Å². The zero-order valence-corrected chi connectivity index (χ0v) is 12.2. The van der Waals surface area contributed by atoms with Crippen LogP contribution in [0.5, 0.6) is 0 Å². The van der Waals surface area contributed by atoms with Crippen molar-refractivity contribution in [3.63, 3.8) is 0 Å². The molecule has 3 rings (SSSR count). The van der Waals surface area contributed by atoms with Crippen LogP contribution in [0.2, 0.25) is 0 Å². The summed E-state index contributed by atoms with van der Waals surface area (Å²) in [5.74, 6) is -1.01. The van der Waals surface area contributed by atoms with E-state index in [1.165, 1.54) is 7.11 Å². The molecule has 0 aromatic carbocycles. The number of imide groups is 1. The highest BCUT2D eigenvalue weighted by atomic mass is 16.7. The average molecular weight is 297 g/mol. The number of amides is 2. The van der Waals surface area contributed by atoms with Gasteiger partial charge in [0.1, 0.15) is 18.0 Å². The Labute approximate surface area is 122 Å². The van der Waals surface area contributed by atoms with Crippen LogP contribution in [0.1, 0.15) is 6.42 Å². The first kappa shape index (κ1) is 14.5. The molecule has 6 atom stereocenters. The van der Waals surface area contributed by atoms with Gasteiger partial charge in [-0.1, -0.05) is 0 Å². The summed E-state index contributed by atoms with van der Waals surface area (Å²) < 4.78 is 22.1. The molecule has 116 valence electrons. The standard InChI is InChI=1S/C14H19NO6/c1-18-10-9-7(21-14(20-3)11(10)19-2)5-4-6-8(9)13(17)15-12(6)16/h5-6,8-11,14H,4H2,1-3H3,(H,15,16,17)/t6?,8?,9?,10-,11?,14?/m0/s1. The Kier molecular flexibility index (Phi) is 3.73. The van der Waals surface area contributed by atoms with Crippen molar-refractivity contribution in [2.45, 2.75) is 24.9 Å². The first-order chi connectivity index (χ1) is 10.1. The van der Waals surface area contributed by atoms with Gasteiger partial charge in [-0.25, -0.2) is 0 Å². The third kappa shape index (κ3) is 2.07. The van der Waals surface area contributed by atoms with E-state index in [0.717, 1.165) is 0 Å². The fourth-order valence-electron chi connectivity index (χ4n) is 3.63. The molecule has 7 nitrogen and oxygen atoms in total. The minimum atomic E-state index is -0.598. The van der Waals surface area contributed by atoms with E-state index < -0.39 is 24.4 Å². The van der Waals surface area contributed by atoms with Gasteiger partial charge < -0.3 is 18.9 Å². The predicted octanol–water partition coefficient (Wildman–Crippen LogP) is -0.188. The molecule has 5 unspecified atom stereocenters. The monoisotopic (exact) mass is 297 g/mol. The molecule has 0 radical (unpaired) electrons. The maximum atomic E-state index is 12.1. The van der Waals surface area contributed by atoms with Crippen LogP contribution in [0.3, 0.4) is 0 Å².